The molecule has 5 fully saturated rings. The van der Waals surface area contributed by atoms with Gasteiger partial charge in [0.2, 0.25) is 11.8 Å². The molecule has 1 saturated heterocycles. The number of hydrogen-bond donors (Lipinski definition) is 3. The van der Waals surface area contributed by atoms with Crippen LogP contribution in [-0.2, 0) is 14.3 Å². The van der Waals surface area contributed by atoms with Gasteiger partial charge in [-0.15, -0.1) is 23.2 Å². The summed E-state index contributed by atoms with van der Waals surface area (Å²) >= 11 is 12.3. The number of alkyl halides is 5. The number of ether oxygens (including phenoxy) is 1. The van der Waals surface area contributed by atoms with Gasteiger partial charge in [0.05, 0.1) is 22.3 Å². The van der Waals surface area contributed by atoms with Gasteiger partial charge in [0.1, 0.15) is 12.6 Å². The molecule has 0 aromatic rings. The van der Waals surface area contributed by atoms with Crippen molar-refractivity contribution in [1.82, 2.24) is 16.0 Å². The minimum Gasteiger partial charge on any atom is -0.368 e. The zero-order chi connectivity index (χ0) is 23.1. The summed E-state index contributed by atoms with van der Waals surface area (Å²) in [4.78, 5) is 24.9. The molecule has 0 aromatic carbocycles. The quantitative estimate of drug-likeness (QED) is 0.470. The summed E-state index contributed by atoms with van der Waals surface area (Å²) < 4.78 is 43.8. The Balaban J connectivity index is 1.11. The Kier molecular flexibility index (Phi) is 6.94. The van der Waals surface area contributed by atoms with Crippen LogP contribution in [0.4, 0.5) is 13.2 Å². The molecule has 5 unspecified atom stereocenters. The molecular formula is C21H30Cl2F3N3O3. The monoisotopic (exact) mass is 499 g/mol. The van der Waals surface area contributed by atoms with Gasteiger partial charge in [-0.05, 0) is 57.3 Å². The highest BCUT2D eigenvalue weighted by Gasteiger charge is 2.72. The lowest BCUT2D eigenvalue weighted by Gasteiger charge is -2.69. The fraction of sp³-hybridized carbons (Fsp3) is 0.905. The number of hydrogen-bond acceptors (Lipinski definition) is 4. The molecule has 182 valence electrons. The third kappa shape index (κ3) is 5.15. The normalized spacial score (nSPS) is 41.2. The molecule has 32 heavy (non-hydrogen) atoms. The molecule has 6 nitrogen and oxygen atoms in total. The molecule has 0 aromatic heterocycles. The first-order valence-corrected chi connectivity index (χ1v) is 12.2. The Morgan fingerprint density at radius 1 is 1.06 bits per heavy atom. The van der Waals surface area contributed by atoms with E-state index in [1.54, 1.807) is 0 Å². The molecule has 1 aliphatic heterocycles. The van der Waals surface area contributed by atoms with Crippen molar-refractivity contribution in [2.75, 3.05) is 19.7 Å². The van der Waals surface area contributed by atoms with Crippen LogP contribution in [0.2, 0.25) is 0 Å². The minimum atomic E-state index is -4.22. The van der Waals surface area contributed by atoms with Crippen molar-refractivity contribution < 1.29 is 27.5 Å². The van der Waals surface area contributed by atoms with E-state index in [1.165, 1.54) is 0 Å². The summed E-state index contributed by atoms with van der Waals surface area (Å²) in [6.45, 7) is 0.585. The van der Waals surface area contributed by atoms with E-state index in [2.05, 4.69) is 16.0 Å². The lowest BCUT2D eigenvalue weighted by atomic mass is 9.39. The smallest absolute Gasteiger partial charge is 0.368 e. The van der Waals surface area contributed by atoms with Gasteiger partial charge < -0.3 is 20.7 Å². The standard InChI is InChI=1S/C21H30Cl2F3N3O3/c22-14-3-2-13(5-15(14)23)32-8-17(30)29-20-9-19(10-20,11-20)18(31)28-7-12-1-4-16(27-6-12)21(24,25)26/h12-16,27H,1-11H2,(H,28,31)(H,29,30). The molecule has 0 radical (unpaired) electrons. The van der Waals surface area contributed by atoms with Gasteiger partial charge in [-0.2, -0.15) is 13.2 Å². The van der Waals surface area contributed by atoms with Gasteiger partial charge in [-0.25, -0.2) is 0 Å². The predicted octanol–water partition coefficient (Wildman–Crippen LogP) is 2.86. The molecule has 4 saturated carbocycles. The Labute approximate surface area is 195 Å². The molecule has 5 rings (SSSR count). The minimum absolute atomic E-state index is 0.00262. The topological polar surface area (TPSA) is 79.5 Å². The molecule has 2 amide bonds. The largest absolute Gasteiger partial charge is 0.403 e. The fourth-order valence-corrected chi connectivity index (χ4v) is 6.23. The molecule has 5 atom stereocenters. The number of halogens is 5. The second kappa shape index (κ2) is 9.12. The van der Waals surface area contributed by atoms with Gasteiger partial charge in [-0.1, -0.05) is 0 Å². The van der Waals surface area contributed by atoms with Gasteiger partial charge >= 0.3 is 6.18 Å². The maximum Gasteiger partial charge on any atom is 0.403 e. The summed E-state index contributed by atoms with van der Waals surface area (Å²) in [7, 11) is 0. The summed E-state index contributed by atoms with van der Waals surface area (Å²) in [6, 6.07) is -1.45. The van der Waals surface area contributed by atoms with E-state index in [0.717, 1.165) is 12.8 Å². The van der Waals surface area contributed by atoms with Crippen LogP contribution in [0.15, 0.2) is 0 Å². The molecule has 2 bridgehead atoms. The van der Waals surface area contributed by atoms with Crippen LogP contribution in [0.5, 0.6) is 0 Å². The van der Waals surface area contributed by atoms with E-state index in [-0.39, 0.29) is 59.7 Å². The first-order chi connectivity index (χ1) is 15.0. The number of carbonyl (C=O) groups is 2. The van der Waals surface area contributed by atoms with Crippen molar-refractivity contribution in [2.24, 2.45) is 11.3 Å². The fourth-order valence-electron chi connectivity index (χ4n) is 5.67. The number of piperidine rings is 1. The van der Waals surface area contributed by atoms with Crippen molar-refractivity contribution >= 4 is 35.0 Å². The van der Waals surface area contributed by atoms with E-state index < -0.39 is 17.6 Å². The summed E-state index contributed by atoms with van der Waals surface area (Å²) in [5, 5.41) is 8.24. The zero-order valence-corrected chi connectivity index (χ0v) is 19.3. The third-order valence-electron chi connectivity index (χ3n) is 7.47. The van der Waals surface area contributed by atoms with Crippen LogP contribution in [-0.4, -0.2) is 66.1 Å². The van der Waals surface area contributed by atoms with E-state index in [1.807, 2.05) is 0 Å². The van der Waals surface area contributed by atoms with Crippen molar-refractivity contribution in [2.45, 2.75) is 86.0 Å². The lowest BCUT2D eigenvalue weighted by Crippen LogP contribution is -2.78. The maximum atomic E-state index is 12.7. The van der Waals surface area contributed by atoms with Gasteiger partial charge in [0.25, 0.3) is 0 Å². The van der Waals surface area contributed by atoms with Crippen LogP contribution in [0.1, 0.15) is 51.4 Å². The van der Waals surface area contributed by atoms with Crippen LogP contribution in [0, 0.1) is 11.3 Å². The Morgan fingerprint density at radius 2 is 1.78 bits per heavy atom. The third-order valence-corrected chi connectivity index (χ3v) is 8.61. The zero-order valence-electron chi connectivity index (χ0n) is 17.8. The van der Waals surface area contributed by atoms with Gasteiger partial charge in [0.15, 0.2) is 0 Å². The van der Waals surface area contributed by atoms with E-state index in [0.29, 0.717) is 38.6 Å². The number of nitrogens with one attached hydrogen (secondary N) is 3. The molecule has 4 aliphatic carbocycles. The van der Waals surface area contributed by atoms with Crippen LogP contribution < -0.4 is 16.0 Å². The van der Waals surface area contributed by atoms with Crippen molar-refractivity contribution in [3.05, 3.63) is 0 Å². The summed E-state index contributed by atoms with van der Waals surface area (Å²) in [5.41, 5.74) is -0.776. The van der Waals surface area contributed by atoms with Crippen LogP contribution in [0.3, 0.4) is 0 Å². The van der Waals surface area contributed by atoms with Gasteiger partial charge in [-0.3, -0.25) is 9.59 Å². The molecule has 11 heteroatoms. The highest BCUT2D eigenvalue weighted by Crippen LogP contribution is 2.67. The number of amides is 2. The van der Waals surface area contributed by atoms with Crippen LogP contribution >= 0.6 is 23.2 Å². The molecular weight excluding hydrogens is 470 g/mol. The molecule has 1 heterocycles. The maximum absolute atomic E-state index is 12.7. The first kappa shape index (κ1) is 24.4. The highest BCUT2D eigenvalue weighted by atomic mass is 35.5. The van der Waals surface area contributed by atoms with Gasteiger partial charge in [0, 0.05) is 18.6 Å². The molecule has 5 aliphatic rings. The van der Waals surface area contributed by atoms with E-state index in [9.17, 15) is 22.8 Å². The molecule has 0 spiro atoms. The average Bonchev–Trinajstić information content (AvgIpc) is 2.68. The van der Waals surface area contributed by atoms with Crippen molar-refractivity contribution in [3.8, 4) is 0 Å². The highest BCUT2D eigenvalue weighted by molar-refractivity contribution is 6.30. The second-order valence-corrected chi connectivity index (χ2v) is 11.2. The summed E-state index contributed by atoms with van der Waals surface area (Å²) in [5.74, 6) is -0.253. The van der Waals surface area contributed by atoms with Crippen molar-refractivity contribution in [3.63, 3.8) is 0 Å². The van der Waals surface area contributed by atoms with E-state index in [4.69, 9.17) is 27.9 Å². The Morgan fingerprint density at radius 3 is 2.38 bits per heavy atom. The number of carbonyl (C=O) groups excluding carboxylic acids is 2. The average molecular weight is 500 g/mol. The van der Waals surface area contributed by atoms with E-state index >= 15 is 0 Å². The summed E-state index contributed by atoms with van der Waals surface area (Å²) in [6.07, 6.45) is 0.143. The molecule has 3 N–H and O–H groups in total. The predicted molar refractivity (Wildman–Crippen MR) is 114 cm³/mol. The SMILES string of the molecule is O=C(COC1CCC(Cl)C(Cl)C1)NC12CC(C(=O)NCC3CCC(C(F)(F)F)NC3)(C1)C2. The van der Waals surface area contributed by atoms with Crippen LogP contribution in [0.25, 0.3) is 0 Å². The second-order valence-electron chi connectivity index (χ2n) is 10.1. The number of rotatable bonds is 7. The van der Waals surface area contributed by atoms with Crippen molar-refractivity contribution in [1.29, 1.82) is 0 Å². The lowest BCUT2D eigenvalue weighted by molar-refractivity contribution is -0.185. The Bertz CT molecular complexity index is 711. The first-order valence-electron chi connectivity index (χ1n) is 11.3. The Hall–Kier alpha value is -0.770.